The Morgan fingerprint density at radius 3 is 2.37 bits per heavy atom. The van der Waals surface area contributed by atoms with Crippen molar-refractivity contribution in [1.29, 1.82) is 0 Å². The molecule has 4 aliphatic carbocycles. The number of carbonyl (C=O) groups is 2. The van der Waals surface area contributed by atoms with E-state index in [-0.39, 0.29) is 59.0 Å². The van der Waals surface area contributed by atoms with Gasteiger partial charge in [0, 0.05) is 32.1 Å². The van der Waals surface area contributed by atoms with Gasteiger partial charge in [-0.1, -0.05) is 25.5 Å². The molecule has 3 saturated carbocycles. The number of halogens is 1. The van der Waals surface area contributed by atoms with Gasteiger partial charge < -0.3 is 42.7 Å². The first kappa shape index (κ1) is 27.4. The van der Waals surface area contributed by atoms with Crippen LogP contribution >= 0.6 is 0 Å². The summed E-state index contributed by atoms with van der Waals surface area (Å²) in [6, 6.07) is 0.347. The van der Waals surface area contributed by atoms with Gasteiger partial charge in [-0.15, -0.1) is 0 Å². The van der Waals surface area contributed by atoms with Crippen LogP contribution in [0.4, 0.5) is 0 Å². The van der Waals surface area contributed by atoms with Crippen molar-refractivity contribution in [3.05, 3.63) is 11.6 Å². The predicted molar refractivity (Wildman–Crippen MR) is 129 cm³/mol. The molecule has 0 aromatic rings. The van der Waals surface area contributed by atoms with Crippen molar-refractivity contribution in [1.82, 2.24) is 0 Å². The smallest absolute Gasteiger partial charge is 0.303 e. The minimum Gasteiger partial charge on any atom is -1.00 e. The van der Waals surface area contributed by atoms with E-state index in [4.69, 9.17) is 14.2 Å². The molecule has 0 aromatic carbocycles. The number of nitrogens with zero attached hydrogens (tertiary/aromatic N) is 1. The fraction of sp³-hybridized carbons (Fsp3) is 0.857. The molecule has 0 N–H and O–H groups in total. The fourth-order valence-electron chi connectivity index (χ4n) is 9.00. The molecule has 0 unspecified atom stereocenters. The summed E-state index contributed by atoms with van der Waals surface area (Å²) in [5, 5.41) is 0. The third-order valence-corrected chi connectivity index (χ3v) is 10.9. The summed E-state index contributed by atoms with van der Waals surface area (Å²) < 4.78 is 18.5. The van der Waals surface area contributed by atoms with E-state index >= 15 is 0 Å². The van der Waals surface area contributed by atoms with Crippen LogP contribution in [-0.2, 0) is 23.8 Å². The van der Waals surface area contributed by atoms with E-state index in [0.717, 1.165) is 69.3 Å². The highest BCUT2D eigenvalue weighted by Gasteiger charge is 2.66. The number of esters is 2. The number of rotatable bonds is 3. The first-order valence-electron chi connectivity index (χ1n) is 13.5. The molecule has 35 heavy (non-hydrogen) atoms. The predicted octanol–water partition coefficient (Wildman–Crippen LogP) is 1.27. The van der Waals surface area contributed by atoms with Gasteiger partial charge in [0.2, 0.25) is 0 Å². The number of ether oxygens (including phenoxy) is 3. The maximum absolute atomic E-state index is 12.3. The number of morpholine rings is 1. The number of hydrogen-bond donors (Lipinski definition) is 0. The molecule has 5 rings (SSSR count). The lowest BCUT2D eigenvalue weighted by atomic mass is 9.48. The van der Waals surface area contributed by atoms with Gasteiger partial charge in [-0.2, -0.15) is 0 Å². The first-order valence-corrected chi connectivity index (χ1v) is 13.5. The number of likely N-dealkylation sites (N-methyl/N-ethyl adjacent to an activating group) is 1. The van der Waals surface area contributed by atoms with E-state index in [0.29, 0.717) is 23.8 Å². The van der Waals surface area contributed by atoms with Gasteiger partial charge >= 0.3 is 11.9 Å². The summed E-state index contributed by atoms with van der Waals surface area (Å²) in [4.78, 5) is 23.8. The molecule has 6 nitrogen and oxygen atoms in total. The second-order valence-corrected chi connectivity index (χ2v) is 12.7. The Morgan fingerprint density at radius 2 is 1.71 bits per heavy atom. The summed E-state index contributed by atoms with van der Waals surface area (Å²) in [5.74, 6) is 1.56. The normalized spacial score (nSPS) is 44.0. The highest BCUT2D eigenvalue weighted by Crippen LogP contribution is 2.66. The van der Waals surface area contributed by atoms with E-state index in [2.05, 4.69) is 27.0 Å². The Bertz CT molecular complexity index is 869. The number of carbonyl (C=O) groups excluding carboxylic acids is 2. The summed E-state index contributed by atoms with van der Waals surface area (Å²) in [7, 11) is 2.36. The van der Waals surface area contributed by atoms with Gasteiger partial charge in [0.15, 0.2) is 6.10 Å². The van der Waals surface area contributed by atoms with Crippen LogP contribution in [0.2, 0.25) is 0 Å². The molecule has 8 atom stereocenters. The Hall–Kier alpha value is -0.670. The van der Waals surface area contributed by atoms with E-state index in [1.165, 1.54) is 18.9 Å². The van der Waals surface area contributed by atoms with Gasteiger partial charge in [-0.05, 0) is 55.3 Å². The molecule has 1 saturated heterocycles. The standard InChI is InChI=1S/C28H44NO5.HI/c1-18(30)33-21-8-10-27(3)20(16-21)6-7-22-23(27)9-11-28(4)24(22)17-25(26(28)34-19(2)31)29(5)12-14-32-15-13-29;/h6,21-26H,7-17H2,1-5H3;1H/q+1;/p-1/t21-,22+,23-,24-,25-,26-,27-,28-;/m0./s1. The van der Waals surface area contributed by atoms with E-state index in [1.807, 2.05) is 0 Å². The van der Waals surface area contributed by atoms with Gasteiger partial charge in [0.25, 0.3) is 0 Å². The molecular weight excluding hydrogens is 557 g/mol. The number of allylic oxidation sites excluding steroid dienone is 1. The van der Waals surface area contributed by atoms with Crippen LogP contribution in [-0.4, -0.2) is 68.0 Å². The van der Waals surface area contributed by atoms with Crippen molar-refractivity contribution in [3.8, 4) is 0 Å². The zero-order valence-electron chi connectivity index (χ0n) is 22.2. The number of quaternary nitrogens is 1. The van der Waals surface area contributed by atoms with Gasteiger partial charge in [0.05, 0.1) is 20.3 Å². The van der Waals surface area contributed by atoms with Crippen molar-refractivity contribution in [2.24, 2.45) is 28.6 Å². The van der Waals surface area contributed by atoms with Crippen LogP contribution in [0.3, 0.4) is 0 Å². The molecular formula is C28H44INO5. The third-order valence-electron chi connectivity index (χ3n) is 10.9. The second-order valence-electron chi connectivity index (χ2n) is 12.7. The molecule has 0 spiro atoms. The minimum absolute atomic E-state index is 0. The van der Waals surface area contributed by atoms with Crippen molar-refractivity contribution >= 4 is 11.9 Å². The average molecular weight is 602 g/mol. The zero-order valence-corrected chi connectivity index (χ0v) is 24.3. The molecule has 1 heterocycles. The van der Waals surface area contributed by atoms with Gasteiger partial charge in [0.1, 0.15) is 25.2 Å². The summed E-state index contributed by atoms with van der Waals surface area (Å²) in [6.45, 7) is 11.6. The molecule has 1 aliphatic heterocycles. The molecule has 4 fully saturated rings. The molecule has 0 amide bonds. The Morgan fingerprint density at radius 1 is 1.03 bits per heavy atom. The maximum atomic E-state index is 12.3. The van der Waals surface area contributed by atoms with Crippen molar-refractivity contribution < 1.29 is 52.3 Å². The van der Waals surface area contributed by atoms with Gasteiger partial charge in [-0.3, -0.25) is 9.59 Å². The number of hydrogen-bond acceptors (Lipinski definition) is 5. The minimum atomic E-state index is -0.162. The third kappa shape index (κ3) is 4.60. The SMILES string of the molecule is CC(=O)O[C@H]1CC[C@@]2(C)C(=CC[C@H]3[C@@H]4C[C@H]([N+]5(C)CCOCC5)[C@H](OC(C)=O)[C@@]4(C)CC[C@@H]32)C1.[I-]. The summed E-state index contributed by atoms with van der Waals surface area (Å²) in [6.07, 6.45) is 10.1. The average Bonchev–Trinajstić information content (AvgIpc) is 3.07. The molecule has 0 bridgehead atoms. The van der Waals surface area contributed by atoms with Crippen molar-refractivity contribution in [3.63, 3.8) is 0 Å². The van der Waals surface area contributed by atoms with Crippen LogP contribution in [0.15, 0.2) is 11.6 Å². The molecule has 7 heteroatoms. The van der Waals surface area contributed by atoms with Crippen LogP contribution in [0.25, 0.3) is 0 Å². The molecule has 0 radical (unpaired) electrons. The first-order chi connectivity index (χ1) is 16.1. The van der Waals surface area contributed by atoms with Gasteiger partial charge in [-0.25, -0.2) is 0 Å². The second kappa shape index (κ2) is 9.90. The monoisotopic (exact) mass is 601 g/mol. The zero-order chi connectivity index (χ0) is 24.3. The maximum Gasteiger partial charge on any atom is 0.303 e. The van der Waals surface area contributed by atoms with Crippen molar-refractivity contribution in [2.45, 2.75) is 90.9 Å². The Balaban J connectivity index is 0.00000289. The molecule has 198 valence electrons. The fourth-order valence-corrected chi connectivity index (χ4v) is 9.00. The van der Waals surface area contributed by atoms with Crippen LogP contribution < -0.4 is 24.0 Å². The lowest BCUT2D eigenvalue weighted by Gasteiger charge is -2.57. The van der Waals surface area contributed by atoms with E-state index in [9.17, 15) is 9.59 Å². The topological polar surface area (TPSA) is 61.8 Å². The van der Waals surface area contributed by atoms with Crippen LogP contribution in [0.1, 0.15) is 72.6 Å². The quantitative estimate of drug-likeness (QED) is 0.211. The Labute approximate surface area is 228 Å². The highest BCUT2D eigenvalue weighted by atomic mass is 127. The van der Waals surface area contributed by atoms with E-state index < -0.39 is 0 Å². The largest absolute Gasteiger partial charge is 1.00 e. The van der Waals surface area contributed by atoms with Crippen LogP contribution in [0, 0.1) is 28.6 Å². The summed E-state index contributed by atoms with van der Waals surface area (Å²) in [5.41, 5.74) is 1.76. The highest BCUT2D eigenvalue weighted by molar-refractivity contribution is 5.66. The van der Waals surface area contributed by atoms with Crippen LogP contribution in [0.5, 0.6) is 0 Å². The van der Waals surface area contributed by atoms with Crippen molar-refractivity contribution in [2.75, 3.05) is 33.4 Å². The number of fused-ring (bicyclic) bond motifs is 5. The molecule has 0 aromatic heterocycles. The summed E-state index contributed by atoms with van der Waals surface area (Å²) >= 11 is 0. The Kier molecular flexibility index (Phi) is 7.74. The van der Waals surface area contributed by atoms with E-state index in [1.54, 1.807) is 6.92 Å². The lowest BCUT2D eigenvalue weighted by Crippen LogP contribution is -3.00. The molecule has 5 aliphatic rings. The lowest BCUT2D eigenvalue weighted by molar-refractivity contribution is -0.942.